The molecule has 0 aromatic heterocycles. The minimum absolute atomic E-state index is 0. The minimum atomic E-state index is -3.86. The monoisotopic (exact) mass is 365 g/mol. The van der Waals surface area contributed by atoms with Gasteiger partial charge in [-0.2, -0.15) is 4.31 Å². The molecule has 1 fully saturated rings. The van der Waals surface area contributed by atoms with Crippen LogP contribution in [0.1, 0.15) is 12.8 Å². The van der Waals surface area contributed by atoms with E-state index in [1.807, 2.05) is 0 Å². The Bertz CT molecular complexity index is 668. The van der Waals surface area contributed by atoms with Crippen molar-refractivity contribution in [3.8, 4) is 5.75 Å². The average molecular weight is 366 g/mol. The zero-order valence-electron chi connectivity index (χ0n) is 12.7. The van der Waals surface area contributed by atoms with Gasteiger partial charge in [0.05, 0.1) is 12.0 Å². The number of nitro groups is 1. The third kappa shape index (κ3) is 4.11. The predicted molar refractivity (Wildman–Crippen MR) is 87.4 cm³/mol. The third-order valence-corrected chi connectivity index (χ3v) is 5.68. The summed E-state index contributed by atoms with van der Waals surface area (Å²) in [5.74, 6) is 0.202. The van der Waals surface area contributed by atoms with Gasteiger partial charge in [-0.3, -0.25) is 10.1 Å². The zero-order valence-corrected chi connectivity index (χ0v) is 14.3. The molecule has 0 spiro atoms. The number of nitro benzene ring substituents is 1. The lowest BCUT2D eigenvalue weighted by molar-refractivity contribution is -0.385. The smallest absolute Gasteiger partial charge is 0.271 e. The second-order valence-corrected chi connectivity index (χ2v) is 7.11. The van der Waals surface area contributed by atoms with E-state index in [4.69, 9.17) is 10.5 Å². The van der Waals surface area contributed by atoms with Gasteiger partial charge in [0.2, 0.25) is 10.0 Å². The predicted octanol–water partition coefficient (Wildman–Crippen LogP) is 1.38. The fourth-order valence-electron chi connectivity index (χ4n) is 2.56. The lowest BCUT2D eigenvalue weighted by Gasteiger charge is -2.31. The summed E-state index contributed by atoms with van der Waals surface area (Å²) in [5.41, 5.74) is 5.35. The van der Waals surface area contributed by atoms with E-state index in [1.165, 1.54) is 23.5 Å². The van der Waals surface area contributed by atoms with Gasteiger partial charge in [-0.25, -0.2) is 8.42 Å². The van der Waals surface area contributed by atoms with Gasteiger partial charge in [-0.1, -0.05) is 0 Å². The lowest BCUT2D eigenvalue weighted by Crippen LogP contribution is -2.42. The molecule has 0 aliphatic carbocycles. The number of sulfonamides is 1. The Morgan fingerprint density at radius 1 is 1.48 bits per heavy atom. The van der Waals surface area contributed by atoms with Gasteiger partial charge in [0.25, 0.3) is 5.69 Å². The van der Waals surface area contributed by atoms with Crippen LogP contribution in [0.3, 0.4) is 0 Å². The molecule has 0 amide bonds. The normalized spacial score (nSPS) is 19.0. The summed E-state index contributed by atoms with van der Waals surface area (Å²) in [4.78, 5) is 10.1. The van der Waals surface area contributed by atoms with Crippen molar-refractivity contribution in [3.05, 3.63) is 28.3 Å². The molecule has 1 heterocycles. The highest BCUT2D eigenvalue weighted by atomic mass is 35.5. The number of methoxy groups -OCH3 is 1. The first-order valence-electron chi connectivity index (χ1n) is 6.92. The van der Waals surface area contributed by atoms with Crippen LogP contribution in [-0.4, -0.2) is 44.4 Å². The van der Waals surface area contributed by atoms with Crippen LogP contribution < -0.4 is 10.5 Å². The Hall–Kier alpha value is -1.42. The van der Waals surface area contributed by atoms with Crippen molar-refractivity contribution in [2.24, 2.45) is 11.7 Å². The summed E-state index contributed by atoms with van der Waals surface area (Å²) in [5, 5.41) is 10.9. The number of rotatable bonds is 5. The van der Waals surface area contributed by atoms with E-state index >= 15 is 0 Å². The quantitative estimate of drug-likeness (QED) is 0.622. The van der Waals surface area contributed by atoms with Gasteiger partial charge in [0.15, 0.2) is 0 Å². The molecule has 1 aromatic rings. The number of piperidine rings is 1. The molecule has 1 aliphatic rings. The number of ether oxygens (including phenoxy) is 1. The summed E-state index contributed by atoms with van der Waals surface area (Å²) in [6.45, 7) is 1.12. The Balaban J connectivity index is 0.00000264. The number of halogens is 1. The van der Waals surface area contributed by atoms with Crippen LogP contribution in [0.4, 0.5) is 5.69 Å². The molecule has 23 heavy (non-hydrogen) atoms. The second-order valence-electron chi connectivity index (χ2n) is 5.20. The Kier molecular flexibility index (Phi) is 6.75. The molecule has 0 saturated carbocycles. The van der Waals surface area contributed by atoms with Crippen LogP contribution in [0.2, 0.25) is 0 Å². The van der Waals surface area contributed by atoms with E-state index in [1.54, 1.807) is 0 Å². The number of nitrogens with two attached hydrogens (primary N) is 1. The van der Waals surface area contributed by atoms with Crippen LogP contribution in [0.15, 0.2) is 23.1 Å². The van der Waals surface area contributed by atoms with E-state index in [-0.39, 0.29) is 34.7 Å². The van der Waals surface area contributed by atoms with Crippen molar-refractivity contribution in [3.63, 3.8) is 0 Å². The zero-order chi connectivity index (χ0) is 16.3. The van der Waals surface area contributed by atoms with Gasteiger partial charge in [-0.05, 0) is 31.4 Å². The molecule has 2 N–H and O–H groups in total. The van der Waals surface area contributed by atoms with Gasteiger partial charge >= 0.3 is 0 Å². The summed E-state index contributed by atoms with van der Waals surface area (Å²) < 4.78 is 32.0. The maximum Gasteiger partial charge on any atom is 0.271 e. The molecule has 1 atom stereocenters. The SMILES string of the molecule is COc1ccc([N+](=O)[O-])cc1S(=O)(=O)N1CCCC(CN)C1.Cl. The largest absolute Gasteiger partial charge is 0.495 e. The molecule has 130 valence electrons. The van der Waals surface area contributed by atoms with E-state index in [2.05, 4.69) is 0 Å². The summed E-state index contributed by atoms with van der Waals surface area (Å²) in [6.07, 6.45) is 1.60. The number of hydrogen-bond donors (Lipinski definition) is 1. The number of nitrogens with zero attached hydrogens (tertiary/aromatic N) is 2. The summed E-state index contributed by atoms with van der Waals surface area (Å²) in [6, 6.07) is 3.56. The number of hydrogen-bond acceptors (Lipinski definition) is 6. The molecule has 10 heteroatoms. The molecular weight excluding hydrogens is 346 g/mol. The van der Waals surface area contributed by atoms with Crippen molar-refractivity contribution in [1.29, 1.82) is 0 Å². The topological polar surface area (TPSA) is 116 Å². The van der Waals surface area contributed by atoms with E-state index in [9.17, 15) is 18.5 Å². The van der Waals surface area contributed by atoms with Crippen molar-refractivity contribution in [2.45, 2.75) is 17.7 Å². The van der Waals surface area contributed by atoms with Crippen LogP contribution in [-0.2, 0) is 10.0 Å². The standard InChI is InChI=1S/C13H19N3O5S.ClH/c1-21-12-5-4-11(16(17)18)7-13(12)22(19,20)15-6-2-3-10(8-14)9-15;/h4-5,7,10H,2-3,6,8-9,14H2,1H3;1H. The summed E-state index contributed by atoms with van der Waals surface area (Å²) in [7, 11) is -2.52. The maximum atomic E-state index is 12.8. The van der Waals surface area contributed by atoms with Crippen LogP contribution in [0, 0.1) is 16.0 Å². The Morgan fingerprint density at radius 2 is 2.17 bits per heavy atom. The Labute approximate surface area is 141 Å². The second kappa shape index (κ2) is 7.91. The van der Waals surface area contributed by atoms with Gasteiger partial charge in [-0.15, -0.1) is 12.4 Å². The molecule has 1 aromatic carbocycles. The molecular formula is C13H20ClN3O5S. The van der Waals surface area contributed by atoms with Gasteiger partial charge < -0.3 is 10.5 Å². The van der Waals surface area contributed by atoms with Crippen LogP contribution in [0.5, 0.6) is 5.75 Å². The first kappa shape index (κ1) is 19.6. The van der Waals surface area contributed by atoms with Gasteiger partial charge in [0.1, 0.15) is 10.6 Å². The van der Waals surface area contributed by atoms with Crippen LogP contribution >= 0.6 is 12.4 Å². The van der Waals surface area contributed by atoms with Crippen LogP contribution in [0.25, 0.3) is 0 Å². The highest BCUT2D eigenvalue weighted by molar-refractivity contribution is 7.89. The van der Waals surface area contributed by atoms with Gasteiger partial charge in [0, 0.05) is 25.2 Å². The molecule has 1 unspecified atom stereocenters. The summed E-state index contributed by atoms with van der Waals surface area (Å²) >= 11 is 0. The number of non-ortho nitro benzene ring substituents is 1. The van der Waals surface area contributed by atoms with Crippen molar-refractivity contribution in [2.75, 3.05) is 26.7 Å². The van der Waals surface area contributed by atoms with E-state index in [0.29, 0.717) is 19.6 Å². The average Bonchev–Trinajstić information content (AvgIpc) is 2.54. The maximum absolute atomic E-state index is 12.8. The number of benzene rings is 1. The molecule has 0 radical (unpaired) electrons. The third-order valence-electron chi connectivity index (χ3n) is 3.79. The minimum Gasteiger partial charge on any atom is -0.495 e. The fraction of sp³-hybridized carbons (Fsp3) is 0.538. The highest BCUT2D eigenvalue weighted by Gasteiger charge is 2.33. The van der Waals surface area contributed by atoms with Crippen molar-refractivity contribution >= 4 is 28.1 Å². The van der Waals surface area contributed by atoms with E-state index < -0.39 is 14.9 Å². The molecule has 2 rings (SSSR count). The van der Waals surface area contributed by atoms with Crippen molar-refractivity contribution < 1.29 is 18.1 Å². The Morgan fingerprint density at radius 3 is 2.74 bits per heavy atom. The molecule has 8 nitrogen and oxygen atoms in total. The first-order chi connectivity index (χ1) is 10.4. The lowest BCUT2D eigenvalue weighted by atomic mass is 10.0. The fourth-order valence-corrected chi connectivity index (χ4v) is 4.29. The molecule has 1 aliphatic heterocycles. The van der Waals surface area contributed by atoms with E-state index in [0.717, 1.165) is 18.9 Å². The molecule has 0 bridgehead atoms. The van der Waals surface area contributed by atoms with Crippen molar-refractivity contribution in [1.82, 2.24) is 4.31 Å². The first-order valence-corrected chi connectivity index (χ1v) is 8.36. The molecule has 1 saturated heterocycles. The highest BCUT2D eigenvalue weighted by Crippen LogP contribution is 2.32.